The Balaban J connectivity index is 0.000000434. The number of esters is 2. The van der Waals surface area contributed by atoms with Gasteiger partial charge < -0.3 is 14.6 Å². The Hall–Kier alpha value is -6.85. The molecule has 4 N–H and O–H groups in total. The monoisotopic (exact) mass is 1070 g/mol. The van der Waals surface area contributed by atoms with Crippen LogP contribution >= 0.6 is 0 Å². The molecule has 316 valence electrons. The summed E-state index contributed by atoms with van der Waals surface area (Å²) in [5, 5.41) is 35.3. The van der Waals surface area contributed by atoms with Crippen molar-refractivity contribution < 1.29 is 87.8 Å². The summed E-state index contributed by atoms with van der Waals surface area (Å²) in [5.41, 5.74) is 6.30. The summed E-state index contributed by atoms with van der Waals surface area (Å²) in [7, 11) is 3.75. The van der Waals surface area contributed by atoms with Crippen LogP contribution in [-0.2, 0) is 15.7 Å². The standard InChI is InChI=1S/C16H12F3N3O2.C8H11N3O2.C8H8O.C6H4N2O5.BH.U/c1-2-24-15(23)12-7-4-8-22-14(12)20-13(21-22)10-5-3-6-11(9-10)16(17,18)19;1-2-13-8(12)6-4-3-5-11(10)7(6)9;1-7-3-2-4-8(5-7)6-9;9-6-2-1-4(7(10)11)3-5(6)8(12)13;;/h3-9H,2H2,1H3;3-5,9H,2,10H2,1H3;2-6H,1H3;1-3,9H;1H;/i;;;;1D;. The molecule has 0 saturated heterocycles. The molecule has 0 saturated carbocycles. The van der Waals surface area contributed by atoms with Crippen molar-refractivity contribution in [1.29, 1.82) is 1.34 Å². The number of carbonyl (C=O) groups is 3. The first-order valence-electron chi connectivity index (χ1n) is 17.5. The van der Waals surface area contributed by atoms with Crippen LogP contribution in [0.2, 0.25) is 0 Å². The number of hydrogen-bond acceptors (Lipinski definition) is 14. The van der Waals surface area contributed by atoms with Crippen LogP contribution in [0.15, 0.2) is 103 Å². The van der Waals surface area contributed by atoms with E-state index in [1.54, 1.807) is 50.5 Å². The van der Waals surface area contributed by atoms with E-state index in [-0.39, 0.29) is 71.7 Å². The number of anilines is 1. The first-order chi connectivity index (χ1) is 28.9. The van der Waals surface area contributed by atoms with E-state index in [9.17, 15) is 52.9 Å². The van der Waals surface area contributed by atoms with Gasteiger partial charge in [-0.25, -0.2) is 19.1 Å². The molecular weight excluding hydrogens is 1030 g/mol. The van der Waals surface area contributed by atoms with Crippen LogP contribution in [0.5, 0.6) is 5.75 Å². The second-order valence-corrected chi connectivity index (χ2v) is 11.6. The Morgan fingerprint density at radius 2 is 1.54 bits per heavy atom. The predicted octanol–water partition coefficient (Wildman–Crippen LogP) is 4.77. The van der Waals surface area contributed by atoms with Gasteiger partial charge in [0.15, 0.2) is 17.0 Å². The predicted molar refractivity (Wildman–Crippen MR) is 209 cm³/mol. The summed E-state index contributed by atoms with van der Waals surface area (Å²) in [4.78, 5) is 56.1. The Morgan fingerprint density at radius 3 is 2.10 bits per heavy atom. The van der Waals surface area contributed by atoms with Crippen molar-refractivity contribution in [1.82, 2.24) is 14.6 Å². The van der Waals surface area contributed by atoms with Crippen LogP contribution in [0.4, 0.5) is 30.4 Å². The van der Waals surface area contributed by atoms with Gasteiger partial charge >= 0.3 is 23.9 Å². The Kier molecular flexibility index (Phi) is 20.0. The van der Waals surface area contributed by atoms with Gasteiger partial charge in [-0.3, -0.25) is 36.6 Å². The zero-order chi connectivity index (χ0) is 45.9. The third-order valence-electron chi connectivity index (χ3n) is 7.39. The summed E-state index contributed by atoms with van der Waals surface area (Å²) < 4.78 is 56.0. The minimum Gasteiger partial charge on any atom is -0.868 e. The van der Waals surface area contributed by atoms with Crippen LogP contribution in [0, 0.1) is 58.3 Å². The van der Waals surface area contributed by atoms with E-state index in [0.717, 1.165) is 41.7 Å². The number of nitro benzene ring substituents is 2. The first-order valence-corrected chi connectivity index (χ1v) is 17.0. The third-order valence-corrected chi connectivity index (χ3v) is 7.39. The summed E-state index contributed by atoms with van der Waals surface area (Å²) in [6.45, 7) is 5.89. The van der Waals surface area contributed by atoms with Crippen molar-refractivity contribution in [3.8, 4) is 17.1 Å². The van der Waals surface area contributed by atoms with Crippen molar-refractivity contribution >= 4 is 49.4 Å². The number of pyridine rings is 2. The Morgan fingerprint density at radius 1 is 0.918 bits per heavy atom. The number of alkyl halides is 3. The fraction of sp³-hybridized carbons (Fsp3) is 0.158. The molecule has 0 amide bonds. The average molecular weight is 1070 g/mol. The summed E-state index contributed by atoms with van der Waals surface area (Å²) in [5.74, 6) is 3.87. The van der Waals surface area contributed by atoms with Crippen molar-refractivity contribution in [2.45, 2.75) is 26.9 Å². The SMILES string of the molecule is CCOC(=O)c1ccc[n+](N)c1N.CCOC(=O)c1cccn2nc(-c3cccc(C(F)(F)F)c3)nc12.Cc1cccc(C=O)c1.O=[N+]([O-])c1ccc([O-])c([N+](=O)[O-])c1.[2H][B].[U]. The molecule has 61 heavy (non-hydrogen) atoms. The fourth-order valence-electron chi connectivity index (χ4n) is 4.65. The summed E-state index contributed by atoms with van der Waals surface area (Å²) in [6.07, 6.45) is -0.488. The van der Waals surface area contributed by atoms with Crippen LogP contribution in [0.3, 0.4) is 0 Å². The molecule has 18 nitrogen and oxygen atoms in total. The number of aryl methyl sites for hydroxylation is 1. The number of halogens is 3. The number of aldehydes is 1. The zero-order valence-corrected chi connectivity index (χ0v) is 36.6. The summed E-state index contributed by atoms with van der Waals surface area (Å²) >= 11 is 0. The maximum Gasteiger partial charge on any atom is 0.416 e. The van der Waals surface area contributed by atoms with E-state index in [2.05, 4.69) is 18.5 Å². The molecule has 6 rings (SSSR count). The van der Waals surface area contributed by atoms with Gasteiger partial charge in [0.25, 0.3) is 11.4 Å². The number of hydrogen-bond donors (Lipinski definition) is 2. The summed E-state index contributed by atoms with van der Waals surface area (Å²) in [6, 6.07) is 20.9. The van der Waals surface area contributed by atoms with E-state index in [0.29, 0.717) is 12.7 Å². The van der Waals surface area contributed by atoms with Crippen LogP contribution in [-0.4, -0.2) is 65.6 Å². The Bertz CT molecular complexity index is 2480. The van der Waals surface area contributed by atoms with Crippen LogP contribution < -0.4 is 21.4 Å². The molecule has 0 aliphatic heterocycles. The number of nitro groups is 2. The molecule has 3 heterocycles. The topological polar surface area (TPSA) is 265 Å². The van der Waals surface area contributed by atoms with Crippen molar-refractivity contribution in [3.05, 3.63) is 151 Å². The van der Waals surface area contributed by atoms with Crippen LogP contribution in [0.1, 0.15) is 56.0 Å². The van der Waals surface area contributed by atoms with Gasteiger partial charge in [0.05, 0.1) is 34.7 Å². The van der Waals surface area contributed by atoms with Gasteiger partial charge in [-0.1, -0.05) is 42.0 Å². The molecule has 23 heteroatoms. The molecule has 0 bridgehead atoms. The number of ether oxygens (including phenoxy) is 2. The number of benzene rings is 3. The molecule has 6 aromatic rings. The minimum atomic E-state index is -4.45. The van der Waals surface area contributed by atoms with Crippen molar-refractivity contribution in [3.63, 3.8) is 0 Å². The van der Waals surface area contributed by atoms with E-state index in [4.69, 9.17) is 22.4 Å². The van der Waals surface area contributed by atoms with E-state index >= 15 is 0 Å². The van der Waals surface area contributed by atoms with Crippen molar-refractivity contribution in [2.24, 2.45) is 0 Å². The second kappa shape index (κ2) is 24.3. The van der Waals surface area contributed by atoms with Gasteiger partial charge in [-0.2, -0.15) is 13.2 Å². The molecule has 2 radical (unpaired) electrons. The van der Waals surface area contributed by atoms with Crippen LogP contribution in [0.25, 0.3) is 17.0 Å². The molecule has 0 spiro atoms. The number of rotatable bonds is 8. The number of nitrogens with two attached hydrogens (primary N) is 2. The van der Waals surface area contributed by atoms with Gasteiger partial charge in [0.1, 0.15) is 18.0 Å². The maximum absolute atomic E-state index is 12.8. The normalized spacial score (nSPS) is 10.1. The van der Waals surface area contributed by atoms with Crippen molar-refractivity contribution in [2.75, 3.05) is 24.8 Å². The Labute approximate surface area is 371 Å². The largest absolute Gasteiger partial charge is 0.868 e. The molecule has 3 aromatic carbocycles. The number of non-ortho nitro benzene ring substituents is 1. The molecule has 0 unspecified atom stereocenters. The number of carbonyl (C=O) groups excluding carboxylic acids is 3. The van der Waals surface area contributed by atoms with Gasteiger partial charge in [0, 0.05) is 62.9 Å². The zero-order valence-electron chi connectivity index (χ0n) is 33.4. The molecule has 0 aliphatic rings. The van der Waals surface area contributed by atoms with E-state index < -0.39 is 50.6 Å². The molecule has 0 fully saturated rings. The smallest absolute Gasteiger partial charge is 0.416 e. The molecule has 0 atom stereocenters. The van der Waals surface area contributed by atoms with Gasteiger partial charge in [-0.15, -0.1) is 9.77 Å². The average Bonchev–Trinajstić information content (AvgIpc) is 3.68. The van der Waals surface area contributed by atoms with Gasteiger partial charge in [-0.05, 0) is 70.3 Å². The molecule has 3 aromatic heterocycles. The van der Waals surface area contributed by atoms with Gasteiger partial charge in [0.2, 0.25) is 0 Å². The first kappa shape index (κ1) is 50.3. The molecule has 0 aliphatic carbocycles. The van der Waals surface area contributed by atoms with E-state index in [1.165, 1.54) is 27.4 Å². The maximum atomic E-state index is 12.8. The third kappa shape index (κ3) is 15.0. The second-order valence-electron chi connectivity index (χ2n) is 11.6. The minimum absolute atomic E-state index is 0. The fourth-order valence-corrected chi connectivity index (χ4v) is 4.65. The molecular formula is C38H36BF3N8O10U. The number of aromatic nitrogens is 4. The van der Waals surface area contributed by atoms with E-state index in [1.807, 2.05) is 25.1 Å². The quantitative estimate of drug-likeness (QED) is 0.0396. The number of fused-ring (bicyclic) bond motifs is 1. The number of nitrogens with zero attached hydrogens (tertiary/aromatic N) is 6. The number of nitrogen functional groups attached to an aromatic ring is 2.